The molecule has 2 aromatic rings. The van der Waals surface area contributed by atoms with Gasteiger partial charge in [0.15, 0.2) is 11.6 Å². The van der Waals surface area contributed by atoms with Gasteiger partial charge in [-0.2, -0.15) is 5.10 Å². The number of hydrogen-bond acceptors (Lipinski definition) is 3. The van der Waals surface area contributed by atoms with Gasteiger partial charge in [-0.05, 0) is 37.5 Å². The summed E-state index contributed by atoms with van der Waals surface area (Å²) in [7, 11) is 0. The van der Waals surface area contributed by atoms with Crippen molar-refractivity contribution in [1.29, 1.82) is 0 Å². The predicted octanol–water partition coefficient (Wildman–Crippen LogP) is 2.30. The van der Waals surface area contributed by atoms with Gasteiger partial charge in [-0.3, -0.25) is 5.10 Å². The highest BCUT2D eigenvalue weighted by Crippen LogP contribution is 2.09. The molecular weight excluding hydrogens is 219 g/mol. The van der Waals surface area contributed by atoms with Crippen molar-refractivity contribution in [2.75, 3.05) is 11.9 Å². The molecule has 5 heteroatoms. The van der Waals surface area contributed by atoms with E-state index in [4.69, 9.17) is 0 Å². The molecule has 0 spiro atoms. The first-order chi connectivity index (χ1) is 8.27. The van der Waals surface area contributed by atoms with E-state index in [9.17, 15) is 4.39 Å². The van der Waals surface area contributed by atoms with E-state index < -0.39 is 0 Å². The maximum absolute atomic E-state index is 13.2. The Balaban J connectivity index is 1.77. The molecule has 4 nitrogen and oxygen atoms in total. The molecule has 2 heterocycles. The molecule has 0 amide bonds. The van der Waals surface area contributed by atoms with Crippen molar-refractivity contribution in [2.45, 2.75) is 19.8 Å². The smallest absolute Gasteiger partial charge is 0.165 e. The zero-order valence-electron chi connectivity index (χ0n) is 9.70. The Kier molecular flexibility index (Phi) is 3.69. The Hall–Kier alpha value is -1.91. The fourth-order valence-electron chi connectivity index (χ4n) is 1.63. The van der Waals surface area contributed by atoms with Crippen LogP contribution in [0.4, 0.5) is 10.2 Å². The SMILES string of the molecule is Cc1[nH]ncc1CCCNc1ncccc1F. The van der Waals surface area contributed by atoms with Gasteiger partial charge in [-0.1, -0.05) is 0 Å². The van der Waals surface area contributed by atoms with Gasteiger partial charge < -0.3 is 5.32 Å². The molecule has 0 aromatic carbocycles. The van der Waals surface area contributed by atoms with E-state index in [1.807, 2.05) is 13.1 Å². The van der Waals surface area contributed by atoms with E-state index >= 15 is 0 Å². The molecule has 0 atom stereocenters. The van der Waals surface area contributed by atoms with Crippen LogP contribution in [0.5, 0.6) is 0 Å². The second kappa shape index (κ2) is 5.43. The lowest BCUT2D eigenvalue weighted by molar-refractivity contribution is 0.623. The van der Waals surface area contributed by atoms with Crippen LogP contribution in [0.3, 0.4) is 0 Å². The quantitative estimate of drug-likeness (QED) is 0.780. The van der Waals surface area contributed by atoms with Gasteiger partial charge in [0.1, 0.15) is 0 Å². The highest BCUT2D eigenvalue weighted by atomic mass is 19.1. The third kappa shape index (κ3) is 3.03. The number of nitrogens with one attached hydrogen (secondary N) is 2. The average Bonchev–Trinajstić information content (AvgIpc) is 2.73. The van der Waals surface area contributed by atoms with Crippen molar-refractivity contribution < 1.29 is 4.39 Å². The zero-order valence-corrected chi connectivity index (χ0v) is 9.70. The van der Waals surface area contributed by atoms with Crippen molar-refractivity contribution in [3.63, 3.8) is 0 Å². The molecule has 0 saturated carbocycles. The number of anilines is 1. The molecule has 0 bridgehead atoms. The van der Waals surface area contributed by atoms with Gasteiger partial charge in [0.2, 0.25) is 0 Å². The summed E-state index contributed by atoms with van der Waals surface area (Å²) >= 11 is 0. The summed E-state index contributed by atoms with van der Waals surface area (Å²) in [5, 5.41) is 9.83. The molecule has 2 rings (SSSR count). The molecule has 2 N–H and O–H groups in total. The Morgan fingerprint density at radius 1 is 1.47 bits per heavy atom. The number of aromatic amines is 1. The summed E-state index contributed by atoms with van der Waals surface area (Å²) in [6.45, 7) is 2.69. The van der Waals surface area contributed by atoms with Gasteiger partial charge >= 0.3 is 0 Å². The monoisotopic (exact) mass is 234 g/mol. The minimum atomic E-state index is -0.313. The Morgan fingerprint density at radius 2 is 2.35 bits per heavy atom. The minimum absolute atomic E-state index is 0.313. The van der Waals surface area contributed by atoms with E-state index in [-0.39, 0.29) is 5.82 Å². The molecular formula is C12H15FN4. The minimum Gasteiger partial charge on any atom is -0.368 e. The summed E-state index contributed by atoms with van der Waals surface area (Å²) in [5.41, 5.74) is 2.29. The lowest BCUT2D eigenvalue weighted by Gasteiger charge is -2.05. The number of nitrogens with zero attached hydrogens (tertiary/aromatic N) is 2. The maximum atomic E-state index is 13.2. The van der Waals surface area contributed by atoms with Crippen LogP contribution in [0.2, 0.25) is 0 Å². The predicted molar refractivity (Wildman–Crippen MR) is 64.3 cm³/mol. The Bertz CT molecular complexity index is 481. The second-order valence-corrected chi connectivity index (χ2v) is 3.88. The van der Waals surface area contributed by atoms with Crippen molar-refractivity contribution in [3.8, 4) is 0 Å². The van der Waals surface area contributed by atoms with Gasteiger partial charge in [-0.15, -0.1) is 0 Å². The molecule has 0 radical (unpaired) electrons. The van der Waals surface area contributed by atoms with Crippen LogP contribution in [0, 0.1) is 12.7 Å². The summed E-state index contributed by atoms with van der Waals surface area (Å²) < 4.78 is 13.2. The molecule has 0 saturated heterocycles. The largest absolute Gasteiger partial charge is 0.368 e. The lowest BCUT2D eigenvalue weighted by atomic mass is 10.1. The summed E-state index contributed by atoms with van der Waals surface area (Å²) in [6.07, 6.45) is 5.24. The number of aromatic nitrogens is 3. The Morgan fingerprint density at radius 3 is 3.06 bits per heavy atom. The van der Waals surface area contributed by atoms with Crippen LogP contribution in [0.25, 0.3) is 0 Å². The van der Waals surface area contributed by atoms with Gasteiger partial charge in [0.05, 0.1) is 6.20 Å². The third-order valence-corrected chi connectivity index (χ3v) is 2.61. The number of pyridine rings is 1. The average molecular weight is 234 g/mol. The maximum Gasteiger partial charge on any atom is 0.165 e. The van der Waals surface area contributed by atoms with Gasteiger partial charge in [0, 0.05) is 18.4 Å². The van der Waals surface area contributed by atoms with Crippen LogP contribution in [-0.4, -0.2) is 21.7 Å². The van der Waals surface area contributed by atoms with Gasteiger partial charge in [-0.25, -0.2) is 9.37 Å². The molecule has 0 aliphatic carbocycles. The van der Waals surface area contributed by atoms with Crippen molar-refractivity contribution in [2.24, 2.45) is 0 Å². The number of halogens is 1. The van der Waals surface area contributed by atoms with Crippen molar-refractivity contribution >= 4 is 5.82 Å². The van der Waals surface area contributed by atoms with E-state index in [1.165, 1.54) is 11.6 Å². The summed E-state index contributed by atoms with van der Waals surface area (Å²) in [6, 6.07) is 2.98. The van der Waals surface area contributed by atoms with Crippen LogP contribution in [0.15, 0.2) is 24.5 Å². The fraction of sp³-hybridized carbons (Fsp3) is 0.333. The second-order valence-electron chi connectivity index (χ2n) is 3.88. The van der Waals surface area contributed by atoms with Crippen molar-refractivity contribution in [3.05, 3.63) is 41.6 Å². The third-order valence-electron chi connectivity index (χ3n) is 2.61. The first kappa shape index (κ1) is 11.6. The number of aryl methyl sites for hydroxylation is 2. The summed E-state index contributed by atoms with van der Waals surface area (Å²) in [4.78, 5) is 3.93. The van der Waals surface area contributed by atoms with E-state index in [0.29, 0.717) is 12.4 Å². The van der Waals surface area contributed by atoms with E-state index in [1.54, 1.807) is 12.3 Å². The summed E-state index contributed by atoms with van der Waals surface area (Å²) in [5.74, 6) is 0.00315. The van der Waals surface area contributed by atoms with Crippen LogP contribution in [-0.2, 0) is 6.42 Å². The van der Waals surface area contributed by atoms with Crippen LogP contribution < -0.4 is 5.32 Å². The standard InChI is InChI=1S/C12H15FN4/c1-9-10(8-16-17-9)4-2-6-14-12-11(13)5-3-7-15-12/h3,5,7-8H,2,4,6H2,1H3,(H,14,15)(H,16,17). The fourth-order valence-corrected chi connectivity index (χ4v) is 1.63. The Labute approximate surface area is 99.3 Å². The zero-order chi connectivity index (χ0) is 12.1. The molecule has 0 unspecified atom stereocenters. The number of H-pyrrole nitrogens is 1. The van der Waals surface area contributed by atoms with E-state index in [0.717, 1.165) is 18.5 Å². The molecule has 17 heavy (non-hydrogen) atoms. The normalized spacial score (nSPS) is 10.5. The first-order valence-electron chi connectivity index (χ1n) is 5.60. The topological polar surface area (TPSA) is 53.6 Å². The highest BCUT2D eigenvalue weighted by molar-refractivity contribution is 5.35. The first-order valence-corrected chi connectivity index (χ1v) is 5.60. The number of rotatable bonds is 5. The molecule has 90 valence electrons. The van der Waals surface area contributed by atoms with Crippen LogP contribution in [0.1, 0.15) is 17.7 Å². The highest BCUT2D eigenvalue weighted by Gasteiger charge is 2.02. The lowest BCUT2D eigenvalue weighted by Crippen LogP contribution is -2.06. The van der Waals surface area contributed by atoms with E-state index in [2.05, 4.69) is 20.5 Å². The molecule has 0 fully saturated rings. The molecule has 0 aliphatic heterocycles. The number of hydrogen-bond donors (Lipinski definition) is 2. The van der Waals surface area contributed by atoms with Crippen LogP contribution >= 0.6 is 0 Å². The molecule has 0 aliphatic rings. The molecule has 2 aromatic heterocycles. The van der Waals surface area contributed by atoms with Gasteiger partial charge in [0.25, 0.3) is 0 Å². The van der Waals surface area contributed by atoms with Crippen molar-refractivity contribution in [1.82, 2.24) is 15.2 Å².